The van der Waals surface area contributed by atoms with Gasteiger partial charge in [-0.3, -0.25) is 10.1 Å². The summed E-state index contributed by atoms with van der Waals surface area (Å²) in [4.78, 5) is 23.3. The summed E-state index contributed by atoms with van der Waals surface area (Å²) in [5.41, 5.74) is 2.13. The molecule has 0 heterocycles. The molecule has 0 unspecified atom stereocenters. The fourth-order valence-corrected chi connectivity index (χ4v) is 2.16. The largest absolute Gasteiger partial charge is 0.484 e. The van der Waals surface area contributed by atoms with Crippen LogP contribution in [0.1, 0.15) is 26.3 Å². The first-order valence-corrected chi connectivity index (χ1v) is 8.12. The fourth-order valence-electron chi connectivity index (χ4n) is 2.16. The lowest BCUT2D eigenvalue weighted by Crippen LogP contribution is -2.49. The van der Waals surface area contributed by atoms with Gasteiger partial charge in [0, 0.05) is 5.54 Å². The molecule has 0 saturated heterocycles. The second-order valence-corrected chi connectivity index (χ2v) is 6.75. The Hall–Kier alpha value is -3.33. The molecule has 2 aromatic rings. The maximum atomic E-state index is 11.7. The van der Waals surface area contributed by atoms with E-state index in [1.165, 1.54) is 0 Å². The highest BCUT2D eigenvalue weighted by Crippen LogP contribution is 2.22. The Balaban J connectivity index is 1.88. The second kappa shape index (κ2) is 8.17. The zero-order valence-electron chi connectivity index (χ0n) is 15.0. The first-order chi connectivity index (χ1) is 12.3. The summed E-state index contributed by atoms with van der Waals surface area (Å²) in [6.07, 6.45) is 0. The van der Waals surface area contributed by atoms with Gasteiger partial charge in [-0.05, 0) is 56.2 Å². The van der Waals surface area contributed by atoms with E-state index in [9.17, 15) is 9.59 Å². The molecule has 0 aliphatic carbocycles. The zero-order chi connectivity index (χ0) is 19.2. The smallest absolute Gasteiger partial charge is 0.321 e. The third-order valence-corrected chi connectivity index (χ3v) is 3.31. The van der Waals surface area contributed by atoms with E-state index in [2.05, 4.69) is 16.7 Å². The molecule has 0 aliphatic rings. The molecule has 2 rings (SSSR count). The molecule has 2 N–H and O–H groups in total. The lowest BCUT2D eigenvalue weighted by atomic mass is 10.0. The van der Waals surface area contributed by atoms with Crippen molar-refractivity contribution in [2.45, 2.75) is 26.3 Å². The van der Waals surface area contributed by atoms with Gasteiger partial charge in [-0.2, -0.15) is 5.26 Å². The highest BCUT2D eigenvalue weighted by Gasteiger charge is 2.15. The van der Waals surface area contributed by atoms with Crippen molar-refractivity contribution < 1.29 is 14.3 Å². The van der Waals surface area contributed by atoms with Gasteiger partial charge in [0.15, 0.2) is 6.61 Å². The van der Waals surface area contributed by atoms with E-state index in [0.717, 1.165) is 11.1 Å². The number of nitrogens with one attached hydrogen (secondary N) is 2. The number of hydrogen-bond acceptors (Lipinski definition) is 4. The summed E-state index contributed by atoms with van der Waals surface area (Å²) < 4.78 is 5.39. The van der Waals surface area contributed by atoms with Crippen LogP contribution in [0.2, 0.25) is 0 Å². The number of benzene rings is 2. The Kier molecular flexibility index (Phi) is 5.97. The van der Waals surface area contributed by atoms with Gasteiger partial charge in [0.05, 0.1) is 11.6 Å². The van der Waals surface area contributed by atoms with Crippen LogP contribution < -0.4 is 15.4 Å². The average molecular weight is 351 g/mol. The van der Waals surface area contributed by atoms with Crippen molar-refractivity contribution in [3.05, 3.63) is 54.1 Å². The van der Waals surface area contributed by atoms with Gasteiger partial charge < -0.3 is 10.1 Å². The van der Waals surface area contributed by atoms with Gasteiger partial charge in [-0.25, -0.2) is 4.79 Å². The molecule has 26 heavy (non-hydrogen) atoms. The van der Waals surface area contributed by atoms with Crippen LogP contribution in [0.15, 0.2) is 48.5 Å². The Morgan fingerprint density at radius 3 is 2.04 bits per heavy atom. The number of rotatable bonds is 4. The molecule has 0 saturated carbocycles. The molecule has 134 valence electrons. The van der Waals surface area contributed by atoms with Crippen LogP contribution >= 0.6 is 0 Å². The fraction of sp³-hybridized carbons (Fsp3) is 0.250. The number of carbonyl (C=O) groups excluding carboxylic acids is 2. The maximum Gasteiger partial charge on any atom is 0.321 e. The third kappa shape index (κ3) is 5.95. The monoisotopic (exact) mass is 351 g/mol. The van der Waals surface area contributed by atoms with E-state index in [4.69, 9.17) is 10.00 Å². The van der Waals surface area contributed by atoms with Gasteiger partial charge in [0.25, 0.3) is 5.91 Å². The standard InChI is InChI=1S/C20H21N3O3/c1-20(2,3)23-19(25)22-18(24)13-26-17-10-8-16(9-11-17)15-6-4-14(12-21)5-7-15/h4-11H,13H2,1-3H3,(H2,22,23,24,25). The van der Waals surface area contributed by atoms with Crippen molar-refractivity contribution in [1.29, 1.82) is 5.26 Å². The molecule has 6 heteroatoms. The van der Waals surface area contributed by atoms with E-state index in [1.807, 2.05) is 45.0 Å². The molecule has 0 aromatic heterocycles. The quantitative estimate of drug-likeness (QED) is 0.885. The molecular weight excluding hydrogens is 330 g/mol. The normalized spacial score (nSPS) is 10.5. The lowest BCUT2D eigenvalue weighted by Gasteiger charge is -2.20. The number of nitriles is 1. The molecule has 2 aromatic carbocycles. The second-order valence-electron chi connectivity index (χ2n) is 6.75. The summed E-state index contributed by atoms with van der Waals surface area (Å²) >= 11 is 0. The predicted molar refractivity (Wildman–Crippen MR) is 98.5 cm³/mol. The molecule has 0 spiro atoms. The zero-order valence-corrected chi connectivity index (χ0v) is 15.0. The van der Waals surface area contributed by atoms with Gasteiger partial charge in [0.1, 0.15) is 5.75 Å². The molecular formula is C20H21N3O3. The Bertz CT molecular complexity index is 813. The van der Waals surface area contributed by atoms with Crippen LogP contribution in [-0.4, -0.2) is 24.1 Å². The van der Waals surface area contributed by atoms with Crippen molar-refractivity contribution in [2.24, 2.45) is 0 Å². The number of nitrogens with zero attached hydrogens (tertiary/aromatic N) is 1. The van der Waals surface area contributed by atoms with E-state index in [0.29, 0.717) is 11.3 Å². The summed E-state index contributed by atoms with van der Waals surface area (Å²) in [6, 6.07) is 16.0. The molecule has 6 nitrogen and oxygen atoms in total. The Morgan fingerprint density at radius 1 is 1.00 bits per heavy atom. The number of urea groups is 1. The average Bonchev–Trinajstić information content (AvgIpc) is 2.59. The summed E-state index contributed by atoms with van der Waals surface area (Å²) in [6.45, 7) is 5.21. The summed E-state index contributed by atoms with van der Waals surface area (Å²) in [7, 11) is 0. The summed E-state index contributed by atoms with van der Waals surface area (Å²) in [5, 5.41) is 13.7. The summed E-state index contributed by atoms with van der Waals surface area (Å²) in [5.74, 6) is -0.00306. The van der Waals surface area contributed by atoms with Gasteiger partial charge in [0.2, 0.25) is 0 Å². The Labute approximate surface area is 152 Å². The minimum absolute atomic E-state index is 0.256. The van der Waals surface area contributed by atoms with Crippen molar-refractivity contribution in [2.75, 3.05) is 6.61 Å². The molecule has 0 radical (unpaired) electrons. The van der Waals surface area contributed by atoms with Gasteiger partial charge >= 0.3 is 6.03 Å². The highest BCUT2D eigenvalue weighted by atomic mass is 16.5. The number of imide groups is 1. The van der Waals surface area contributed by atoms with Gasteiger partial charge in [-0.1, -0.05) is 24.3 Å². The van der Waals surface area contributed by atoms with Crippen LogP contribution in [0.5, 0.6) is 5.75 Å². The Morgan fingerprint density at radius 2 is 1.54 bits per heavy atom. The molecule has 0 aliphatic heterocycles. The molecule has 0 fully saturated rings. The first kappa shape index (κ1) is 19.0. The van der Waals surface area contributed by atoms with Crippen molar-refractivity contribution in [1.82, 2.24) is 10.6 Å². The van der Waals surface area contributed by atoms with Crippen LogP contribution in [-0.2, 0) is 4.79 Å². The van der Waals surface area contributed by atoms with E-state index in [1.54, 1.807) is 24.3 Å². The number of ether oxygens (including phenoxy) is 1. The maximum absolute atomic E-state index is 11.7. The van der Waals surface area contributed by atoms with Crippen molar-refractivity contribution >= 4 is 11.9 Å². The lowest BCUT2D eigenvalue weighted by molar-refractivity contribution is -0.122. The molecule has 0 atom stereocenters. The highest BCUT2D eigenvalue weighted by molar-refractivity contribution is 5.95. The first-order valence-electron chi connectivity index (χ1n) is 8.12. The topological polar surface area (TPSA) is 91.2 Å². The van der Waals surface area contributed by atoms with Crippen molar-refractivity contribution in [3.63, 3.8) is 0 Å². The number of hydrogen-bond donors (Lipinski definition) is 2. The predicted octanol–water partition coefficient (Wildman–Crippen LogP) is 3.23. The van der Waals surface area contributed by atoms with E-state index >= 15 is 0 Å². The van der Waals surface area contributed by atoms with Crippen LogP contribution in [0.4, 0.5) is 4.79 Å². The van der Waals surface area contributed by atoms with Gasteiger partial charge in [-0.15, -0.1) is 0 Å². The number of carbonyl (C=O) groups is 2. The molecule has 3 amide bonds. The minimum Gasteiger partial charge on any atom is -0.484 e. The van der Waals surface area contributed by atoms with E-state index < -0.39 is 17.5 Å². The third-order valence-electron chi connectivity index (χ3n) is 3.31. The van der Waals surface area contributed by atoms with Crippen molar-refractivity contribution in [3.8, 4) is 22.9 Å². The van der Waals surface area contributed by atoms with E-state index in [-0.39, 0.29) is 6.61 Å². The van der Waals surface area contributed by atoms with Crippen LogP contribution in [0, 0.1) is 11.3 Å². The number of amides is 3. The molecule has 0 bridgehead atoms. The van der Waals surface area contributed by atoms with Crippen LogP contribution in [0.3, 0.4) is 0 Å². The van der Waals surface area contributed by atoms with Crippen LogP contribution in [0.25, 0.3) is 11.1 Å². The minimum atomic E-state index is -0.553. The SMILES string of the molecule is CC(C)(C)NC(=O)NC(=O)COc1ccc(-c2ccc(C#N)cc2)cc1.